The Bertz CT molecular complexity index is 1200. The van der Waals surface area contributed by atoms with Gasteiger partial charge in [0, 0.05) is 60.3 Å². The SMILES string of the molecule is Cc1cc2oc(=O)cc(CN3C[C@H]4C[C@@H](C3)c3cccc(=O)n3C4)c2cc1Cl. The number of rotatable bonds is 2. The zero-order valence-electron chi connectivity index (χ0n) is 15.7. The van der Waals surface area contributed by atoms with E-state index in [2.05, 4.69) is 11.0 Å². The van der Waals surface area contributed by atoms with Crippen LogP contribution in [0.5, 0.6) is 0 Å². The molecule has 144 valence electrons. The molecule has 0 amide bonds. The molecule has 0 aliphatic carbocycles. The van der Waals surface area contributed by atoms with Gasteiger partial charge in [-0.25, -0.2) is 4.79 Å². The Morgan fingerprint density at radius 1 is 1.14 bits per heavy atom. The average molecular weight is 397 g/mol. The van der Waals surface area contributed by atoms with E-state index in [1.165, 1.54) is 0 Å². The molecule has 3 aromatic rings. The number of hydrogen-bond donors (Lipinski definition) is 0. The van der Waals surface area contributed by atoms with E-state index in [-0.39, 0.29) is 11.2 Å². The predicted molar refractivity (Wildman–Crippen MR) is 109 cm³/mol. The third kappa shape index (κ3) is 2.99. The molecule has 1 saturated heterocycles. The standard InChI is InChI=1S/C22H21ClN2O3/c1-13-5-20-17(8-18(13)23)15(7-22(27)28-20)11-24-9-14-6-16(12-24)19-3-2-4-21(26)25(19)10-14/h2-5,7-8,14,16H,6,9-12H2,1H3/t14-,16+/m1/s1. The minimum absolute atomic E-state index is 0.0947. The molecule has 1 aromatic carbocycles. The number of aryl methyl sites for hydroxylation is 1. The molecule has 0 saturated carbocycles. The second kappa shape index (κ2) is 6.61. The number of hydrogen-bond acceptors (Lipinski definition) is 4. The maximum atomic E-state index is 12.2. The molecular formula is C22H21ClN2O3. The Balaban J connectivity index is 1.49. The Morgan fingerprint density at radius 2 is 2.00 bits per heavy atom. The molecule has 1 fully saturated rings. The predicted octanol–water partition coefficient (Wildman–Crippen LogP) is 3.54. The van der Waals surface area contributed by atoms with E-state index in [4.69, 9.17) is 16.0 Å². The highest BCUT2D eigenvalue weighted by molar-refractivity contribution is 6.32. The normalized spacial score (nSPS) is 21.6. The first-order chi connectivity index (χ1) is 13.5. The molecule has 0 unspecified atom stereocenters. The second-order valence-corrected chi connectivity index (χ2v) is 8.49. The monoisotopic (exact) mass is 396 g/mol. The van der Waals surface area contributed by atoms with Gasteiger partial charge in [0.1, 0.15) is 5.58 Å². The van der Waals surface area contributed by atoms with E-state index >= 15 is 0 Å². The Kier molecular flexibility index (Phi) is 4.18. The van der Waals surface area contributed by atoms with Crippen molar-refractivity contribution in [1.82, 2.24) is 9.47 Å². The Hall–Kier alpha value is -2.37. The molecule has 5 nitrogen and oxygen atoms in total. The van der Waals surface area contributed by atoms with Crippen LogP contribution in [0.1, 0.15) is 29.2 Å². The van der Waals surface area contributed by atoms with Crippen LogP contribution in [-0.4, -0.2) is 22.6 Å². The van der Waals surface area contributed by atoms with Gasteiger partial charge in [-0.1, -0.05) is 17.7 Å². The fourth-order valence-electron chi connectivity index (χ4n) is 4.84. The minimum Gasteiger partial charge on any atom is -0.423 e. The molecule has 2 aromatic heterocycles. The van der Waals surface area contributed by atoms with Gasteiger partial charge in [0.25, 0.3) is 5.56 Å². The fourth-order valence-corrected chi connectivity index (χ4v) is 5.01. The summed E-state index contributed by atoms with van der Waals surface area (Å²) < 4.78 is 7.33. The molecule has 28 heavy (non-hydrogen) atoms. The minimum atomic E-state index is -0.335. The van der Waals surface area contributed by atoms with Gasteiger partial charge in [0.2, 0.25) is 0 Å². The maximum absolute atomic E-state index is 12.2. The second-order valence-electron chi connectivity index (χ2n) is 8.08. The topological polar surface area (TPSA) is 55.5 Å². The lowest BCUT2D eigenvalue weighted by Gasteiger charge is -2.42. The largest absolute Gasteiger partial charge is 0.423 e. The van der Waals surface area contributed by atoms with Crippen LogP contribution in [0.25, 0.3) is 11.0 Å². The van der Waals surface area contributed by atoms with Gasteiger partial charge >= 0.3 is 5.63 Å². The quantitative estimate of drug-likeness (QED) is 0.622. The zero-order chi connectivity index (χ0) is 19.4. The molecule has 2 bridgehead atoms. The fraction of sp³-hybridized carbons (Fsp3) is 0.364. The van der Waals surface area contributed by atoms with E-state index in [9.17, 15) is 9.59 Å². The number of pyridine rings is 1. The molecule has 0 spiro atoms. The first kappa shape index (κ1) is 17.7. The lowest BCUT2D eigenvalue weighted by Crippen LogP contribution is -2.46. The van der Waals surface area contributed by atoms with Gasteiger partial charge in [-0.3, -0.25) is 9.69 Å². The smallest absolute Gasteiger partial charge is 0.336 e. The highest BCUT2D eigenvalue weighted by Gasteiger charge is 2.34. The van der Waals surface area contributed by atoms with Crippen LogP contribution in [0.4, 0.5) is 0 Å². The first-order valence-corrected chi connectivity index (χ1v) is 10.0. The van der Waals surface area contributed by atoms with Crippen LogP contribution in [0.2, 0.25) is 5.02 Å². The van der Waals surface area contributed by atoms with Crippen molar-refractivity contribution in [3.05, 3.63) is 79.0 Å². The van der Waals surface area contributed by atoms with Gasteiger partial charge in [-0.2, -0.15) is 0 Å². The average Bonchev–Trinajstić information content (AvgIpc) is 2.64. The maximum Gasteiger partial charge on any atom is 0.336 e. The molecule has 2 aliphatic heterocycles. The molecule has 0 radical (unpaired) electrons. The van der Waals surface area contributed by atoms with E-state index in [1.54, 1.807) is 12.1 Å². The highest BCUT2D eigenvalue weighted by Crippen LogP contribution is 2.36. The van der Waals surface area contributed by atoms with E-state index in [1.807, 2.05) is 29.7 Å². The molecular weight excluding hydrogens is 376 g/mol. The lowest BCUT2D eigenvalue weighted by atomic mass is 9.83. The van der Waals surface area contributed by atoms with Crippen LogP contribution < -0.4 is 11.2 Å². The van der Waals surface area contributed by atoms with Gasteiger partial charge in [0.15, 0.2) is 0 Å². The lowest BCUT2D eigenvalue weighted by molar-refractivity contribution is 0.114. The first-order valence-electron chi connectivity index (χ1n) is 9.63. The summed E-state index contributed by atoms with van der Waals surface area (Å²) >= 11 is 6.33. The summed E-state index contributed by atoms with van der Waals surface area (Å²) in [4.78, 5) is 26.7. The van der Waals surface area contributed by atoms with E-state index < -0.39 is 0 Å². The number of likely N-dealkylation sites (tertiary alicyclic amines) is 1. The summed E-state index contributed by atoms with van der Waals surface area (Å²) in [5, 5.41) is 1.56. The molecule has 2 atom stereocenters. The van der Waals surface area contributed by atoms with Crippen molar-refractivity contribution in [2.24, 2.45) is 5.92 Å². The molecule has 0 N–H and O–H groups in total. The third-order valence-corrected chi connectivity index (χ3v) is 6.47. The summed E-state index contributed by atoms with van der Waals surface area (Å²) in [5.74, 6) is 0.794. The van der Waals surface area contributed by atoms with Crippen molar-refractivity contribution in [3.8, 4) is 0 Å². The molecule has 5 rings (SSSR count). The van der Waals surface area contributed by atoms with Crippen LogP contribution >= 0.6 is 11.6 Å². The third-order valence-electron chi connectivity index (χ3n) is 6.06. The Morgan fingerprint density at radius 3 is 2.86 bits per heavy atom. The summed E-state index contributed by atoms with van der Waals surface area (Å²) in [7, 11) is 0. The summed E-state index contributed by atoms with van der Waals surface area (Å²) in [6.45, 7) is 5.13. The van der Waals surface area contributed by atoms with Crippen molar-refractivity contribution in [3.63, 3.8) is 0 Å². The molecule has 4 heterocycles. The molecule has 6 heteroatoms. The van der Waals surface area contributed by atoms with E-state index in [0.717, 1.165) is 48.3 Å². The van der Waals surface area contributed by atoms with Crippen molar-refractivity contribution in [2.75, 3.05) is 13.1 Å². The Labute approximate surface area is 167 Å². The van der Waals surface area contributed by atoms with Crippen molar-refractivity contribution in [1.29, 1.82) is 0 Å². The van der Waals surface area contributed by atoms with Gasteiger partial charge in [-0.05, 0) is 48.6 Å². The number of halogens is 1. The van der Waals surface area contributed by atoms with Crippen LogP contribution in [0.15, 0.2) is 50.4 Å². The van der Waals surface area contributed by atoms with Crippen LogP contribution in [-0.2, 0) is 13.1 Å². The van der Waals surface area contributed by atoms with Crippen molar-refractivity contribution >= 4 is 22.6 Å². The number of fused-ring (bicyclic) bond motifs is 5. The summed E-state index contributed by atoms with van der Waals surface area (Å²) in [6.07, 6.45) is 1.11. The van der Waals surface area contributed by atoms with Gasteiger partial charge < -0.3 is 8.98 Å². The molecule has 2 aliphatic rings. The van der Waals surface area contributed by atoms with Gasteiger partial charge in [0.05, 0.1) is 0 Å². The van der Waals surface area contributed by atoms with Crippen molar-refractivity contribution in [2.45, 2.75) is 32.4 Å². The van der Waals surface area contributed by atoms with Crippen LogP contribution in [0.3, 0.4) is 0 Å². The van der Waals surface area contributed by atoms with Crippen LogP contribution in [0, 0.1) is 12.8 Å². The summed E-state index contributed by atoms with van der Waals surface area (Å²) in [6, 6.07) is 10.9. The van der Waals surface area contributed by atoms with Crippen molar-refractivity contribution < 1.29 is 4.42 Å². The zero-order valence-corrected chi connectivity index (χ0v) is 16.4. The highest BCUT2D eigenvalue weighted by atomic mass is 35.5. The number of piperidine rings is 1. The number of aromatic nitrogens is 1. The van der Waals surface area contributed by atoms with Gasteiger partial charge in [-0.15, -0.1) is 0 Å². The van der Waals surface area contributed by atoms with E-state index in [0.29, 0.717) is 29.0 Å². The summed E-state index contributed by atoms with van der Waals surface area (Å²) in [5.41, 5.74) is 3.31. The number of nitrogens with zero attached hydrogens (tertiary/aromatic N) is 2. The number of benzene rings is 1.